The Morgan fingerprint density at radius 2 is 1.54 bits per heavy atom. The molecular weight excluding hydrogens is 470 g/mol. The maximum absolute atomic E-state index is 5.14. The topological polar surface area (TPSA) is 29.0 Å². The van der Waals surface area contributed by atoms with Gasteiger partial charge in [0.05, 0.1) is 22.6 Å². The predicted octanol–water partition coefficient (Wildman–Crippen LogP) is 8.99. The maximum atomic E-state index is 5.14. The monoisotopic (exact) mass is 501 g/mol. The fraction of sp³-hybridized carbons (Fsp3) is 0.212. The predicted molar refractivity (Wildman–Crippen MR) is 158 cm³/mol. The molecule has 3 aromatic carbocycles. The summed E-state index contributed by atoms with van der Waals surface area (Å²) in [6.45, 7) is 11.3. The van der Waals surface area contributed by atoms with Crippen molar-refractivity contribution < 1.29 is 0 Å². The van der Waals surface area contributed by atoms with Crippen molar-refractivity contribution >= 4 is 40.7 Å². The fourth-order valence-corrected chi connectivity index (χ4v) is 5.87. The van der Waals surface area contributed by atoms with Gasteiger partial charge in [-0.05, 0) is 58.5 Å². The Balaban J connectivity index is 1.57. The molecule has 2 aromatic heterocycles. The molecule has 0 aliphatic carbocycles. The Kier molecular flexibility index (Phi) is 5.43. The molecule has 5 aromatic rings. The van der Waals surface area contributed by atoms with Crippen LogP contribution in [-0.2, 0) is 10.8 Å². The van der Waals surface area contributed by atoms with Crippen LogP contribution in [0.4, 0.5) is 17.2 Å². The SMILES string of the molecule is CC(C)(C)c1ccc(S)c2nc(-c3ccc4c(c3)N(c3ccccn3)c3ccccc3C4(C)C)ccc12. The van der Waals surface area contributed by atoms with Crippen LogP contribution in [0.1, 0.15) is 51.3 Å². The third kappa shape index (κ3) is 3.82. The van der Waals surface area contributed by atoms with E-state index in [-0.39, 0.29) is 10.8 Å². The largest absolute Gasteiger partial charge is 0.294 e. The third-order valence-electron chi connectivity index (χ3n) is 7.55. The second-order valence-corrected chi connectivity index (χ2v) is 11.9. The summed E-state index contributed by atoms with van der Waals surface area (Å²) >= 11 is 4.77. The molecule has 0 fully saturated rings. The van der Waals surface area contributed by atoms with Gasteiger partial charge in [0.15, 0.2) is 0 Å². The molecule has 3 heterocycles. The molecule has 4 heteroatoms. The van der Waals surface area contributed by atoms with Crippen LogP contribution in [0.5, 0.6) is 0 Å². The van der Waals surface area contributed by atoms with Gasteiger partial charge in [-0.3, -0.25) is 4.90 Å². The van der Waals surface area contributed by atoms with E-state index in [0.29, 0.717) is 0 Å². The zero-order valence-corrected chi connectivity index (χ0v) is 22.8. The van der Waals surface area contributed by atoms with E-state index in [4.69, 9.17) is 22.6 Å². The summed E-state index contributed by atoms with van der Waals surface area (Å²) in [6.07, 6.45) is 1.85. The van der Waals surface area contributed by atoms with Gasteiger partial charge in [-0.2, -0.15) is 0 Å². The van der Waals surface area contributed by atoms with Gasteiger partial charge < -0.3 is 0 Å². The van der Waals surface area contributed by atoms with Crippen LogP contribution in [0, 0.1) is 0 Å². The van der Waals surface area contributed by atoms with E-state index in [1.165, 1.54) is 16.7 Å². The minimum atomic E-state index is -0.146. The third-order valence-corrected chi connectivity index (χ3v) is 7.91. The molecule has 1 aliphatic rings. The van der Waals surface area contributed by atoms with Crippen molar-refractivity contribution in [2.75, 3.05) is 4.90 Å². The smallest absolute Gasteiger partial charge is 0.137 e. The second-order valence-electron chi connectivity index (χ2n) is 11.4. The molecule has 0 amide bonds. The van der Waals surface area contributed by atoms with Gasteiger partial charge >= 0.3 is 0 Å². The average Bonchev–Trinajstić information content (AvgIpc) is 2.89. The molecule has 1 aliphatic heterocycles. The van der Waals surface area contributed by atoms with Crippen molar-refractivity contribution in [1.29, 1.82) is 0 Å². The number of hydrogen-bond donors (Lipinski definition) is 1. The number of para-hydroxylation sites is 1. The van der Waals surface area contributed by atoms with E-state index in [9.17, 15) is 0 Å². The van der Waals surface area contributed by atoms with Crippen LogP contribution < -0.4 is 4.90 Å². The first-order valence-corrected chi connectivity index (χ1v) is 13.2. The zero-order valence-electron chi connectivity index (χ0n) is 21.9. The lowest BCUT2D eigenvalue weighted by Gasteiger charge is -2.41. The minimum absolute atomic E-state index is 0.0247. The average molecular weight is 502 g/mol. The van der Waals surface area contributed by atoms with Crippen molar-refractivity contribution in [2.45, 2.75) is 50.3 Å². The molecule has 0 N–H and O–H groups in total. The summed E-state index contributed by atoms with van der Waals surface area (Å²) in [6, 6.07) is 30.0. The van der Waals surface area contributed by atoms with Crippen molar-refractivity contribution in [1.82, 2.24) is 9.97 Å². The van der Waals surface area contributed by atoms with Crippen LogP contribution in [0.15, 0.2) is 96.0 Å². The van der Waals surface area contributed by atoms with Gasteiger partial charge in [0.2, 0.25) is 0 Å². The highest BCUT2D eigenvalue weighted by atomic mass is 32.1. The van der Waals surface area contributed by atoms with Crippen LogP contribution in [0.3, 0.4) is 0 Å². The fourth-order valence-electron chi connectivity index (χ4n) is 5.63. The van der Waals surface area contributed by atoms with Crippen LogP contribution in [0.2, 0.25) is 0 Å². The number of anilines is 3. The lowest BCUT2D eigenvalue weighted by Crippen LogP contribution is -2.30. The number of nitrogens with zero attached hydrogens (tertiary/aromatic N) is 3. The molecule has 6 rings (SSSR count). The molecule has 0 saturated carbocycles. The molecule has 184 valence electrons. The minimum Gasteiger partial charge on any atom is -0.294 e. The number of benzene rings is 3. The lowest BCUT2D eigenvalue weighted by atomic mass is 9.73. The number of hydrogen-bond acceptors (Lipinski definition) is 4. The quantitative estimate of drug-likeness (QED) is 0.245. The molecule has 0 bridgehead atoms. The van der Waals surface area contributed by atoms with Crippen molar-refractivity contribution in [3.8, 4) is 11.3 Å². The first-order valence-electron chi connectivity index (χ1n) is 12.7. The summed E-state index contributed by atoms with van der Waals surface area (Å²) in [5.41, 5.74) is 8.97. The van der Waals surface area contributed by atoms with E-state index < -0.39 is 0 Å². The first kappa shape index (κ1) is 23.7. The van der Waals surface area contributed by atoms with Crippen LogP contribution in [-0.4, -0.2) is 9.97 Å². The van der Waals surface area contributed by atoms with E-state index in [2.05, 4.69) is 112 Å². The Hall–Kier alpha value is -3.63. The molecule has 0 unspecified atom stereocenters. The lowest BCUT2D eigenvalue weighted by molar-refractivity contribution is 0.595. The second kappa shape index (κ2) is 8.46. The summed E-state index contributed by atoms with van der Waals surface area (Å²) in [7, 11) is 0. The Morgan fingerprint density at radius 3 is 2.30 bits per heavy atom. The molecule has 37 heavy (non-hydrogen) atoms. The van der Waals surface area contributed by atoms with Gasteiger partial charge in [0, 0.05) is 27.5 Å². The summed E-state index contributed by atoms with van der Waals surface area (Å²) in [4.78, 5) is 13.0. The van der Waals surface area contributed by atoms with Gasteiger partial charge in [-0.1, -0.05) is 83.1 Å². The van der Waals surface area contributed by atoms with E-state index >= 15 is 0 Å². The number of aromatic nitrogens is 2. The van der Waals surface area contributed by atoms with E-state index in [1.54, 1.807) is 0 Å². The van der Waals surface area contributed by atoms with Gasteiger partial charge in [-0.15, -0.1) is 12.6 Å². The highest BCUT2D eigenvalue weighted by Crippen LogP contribution is 2.52. The standard InChI is InChI=1S/C33H31N3S/c1-32(2,3)23-16-18-29(37)31-22(23)14-17-26(35-31)21-13-15-25-28(20-21)36(30-12-8-9-19-34-30)27-11-7-6-10-24(27)33(25,4)5/h6-20,37H,1-5H3. The number of pyridine rings is 2. The normalized spacial score (nSPS) is 14.4. The van der Waals surface area contributed by atoms with E-state index in [1.807, 2.05) is 18.3 Å². The Bertz CT molecular complexity index is 1650. The Morgan fingerprint density at radius 1 is 0.784 bits per heavy atom. The molecule has 0 atom stereocenters. The number of thiol groups is 1. The van der Waals surface area contributed by atoms with Crippen molar-refractivity contribution in [3.05, 3.63) is 108 Å². The molecular formula is C33H31N3S. The molecule has 3 nitrogen and oxygen atoms in total. The molecule has 0 saturated heterocycles. The summed E-state index contributed by atoms with van der Waals surface area (Å²) in [5.74, 6) is 0.905. The first-order chi connectivity index (χ1) is 17.7. The summed E-state index contributed by atoms with van der Waals surface area (Å²) in [5, 5.41) is 1.16. The van der Waals surface area contributed by atoms with Gasteiger partial charge in [0.1, 0.15) is 5.82 Å². The van der Waals surface area contributed by atoms with Crippen molar-refractivity contribution in [2.24, 2.45) is 0 Å². The van der Waals surface area contributed by atoms with Gasteiger partial charge in [0.25, 0.3) is 0 Å². The Labute approximate surface area is 224 Å². The van der Waals surface area contributed by atoms with Crippen molar-refractivity contribution in [3.63, 3.8) is 0 Å². The zero-order chi connectivity index (χ0) is 25.9. The van der Waals surface area contributed by atoms with E-state index in [0.717, 1.165) is 44.2 Å². The highest BCUT2D eigenvalue weighted by molar-refractivity contribution is 7.80. The number of rotatable bonds is 2. The maximum Gasteiger partial charge on any atom is 0.137 e. The van der Waals surface area contributed by atoms with Crippen LogP contribution in [0.25, 0.3) is 22.2 Å². The highest BCUT2D eigenvalue weighted by Gasteiger charge is 2.37. The molecule has 0 spiro atoms. The van der Waals surface area contributed by atoms with Crippen LogP contribution >= 0.6 is 12.6 Å². The van der Waals surface area contributed by atoms with Gasteiger partial charge in [-0.25, -0.2) is 9.97 Å². The summed E-state index contributed by atoms with van der Waals surface area (Å²) < 4.78 is 0. The molecule has 0 radical (unpaired) electrons. The number of fused-ring (bicyclic) bond motifs is 3.